The average Bonchev–Trinajstić information content (AvgIpc) is 3.11. The third kappa shape index (κ3) is 2.46. The highest BCUT2D eigenvalue weighted by atomic mass is 16.3. The van der Waals surface area contributed by atoms with Crippen LogP contribution in [0, 0.1) is 17.8 Å². The first-order valence-electron chi connectivity index (χ1n) is 7.45. The number of fused-ring (bicyclic) bond motifs is 2. The van der Waals surface area contributed by atoms with Crippen LogP contribution in [-0.4, -0.2) is 27.3 Å². The minimum absolute atomic E-state index is 0.112. The molecule has 2 N–H and O–H groups in total. The van der Waals surface area contributed by atoms with Crippen molar-refractivity contribution >= 4 is 5.91 Å². The topological polar surface area (TPSA) is 67.2 Å². The van der Waals surface area contributed by atoms with Gasteiger partial charge in [0.05, 0.1) is 12.7 Å². The van der Waals surface area contributed by atoms with E-state index in [1.807, 2.05) is 7.05 Å². The Hall–Kier alpha value is -1.36. The van der Waals surface area contributed by atoms with Crippen molar-refractivity contribution in [3.8, 4) is 0 Å². The van der Waals surface area contributed by atoms with Gasteiger partial charge in [0.25, 0.3) is 0 Å². The summed E-state index contributed by atoms with van der Waals surface area (Å²) < 4.78 is 1.65. The van der Waals surface area contributed by atoms with Gasteiger partial charge in [-0.05, 0) is 38.0 Å². The third-order valence-electron chi connectivity index (χ3n) is 5.01. The number of aliphatic hydroxyl groups is 1. The lowest BCUT2D eigenvalue weighted by molar-refractivity contribution is -0.127. The molecule has 0 saturated heterocycles. The van der Waals surface area contributed by atoms with Gasteiger partial charge < -0.3 is 10.4 Å². The van der Waals surface area contributed by atoms with Crippen molar-refractivity contribution in [3.05, 3.63) is 18.0 Å². The molecule has 2 bridgehead atoms. The zero-order chi connectivity index (χ0) is 14.3. The van der Waals surface area contributed by atoms with Crippen LogP contribution in [0.2, 0.25) is 0 Å². The molecule has 1 amide bonds. The summed E-state index contributed by atoms with van der Waals surface area (Å²) in [6, 6.07) is 0. The normalized spacial score (nSPS) is 31.2. The molecule has 20 heavy (non-hydrogen) atoms. The molecule has 2 aliphatic carbocycles. The first-order chi connectivity index (χ1) is 9.45. The van der Waals surface area contributed by atoms with Crippen molar-refractivity contribution in [3.63, 3.8) is 0 Å². The molecule has 5 nitrogen and oxygen atoms in total. The number of carbonyl (C=O) groups is 1. The minimum atomic E-state index is -1.07. The maximum absolute atomic E-state index is 12.3. The second kappa shape index (κ2) is 4.88. The monoisotopic (exact) mass is 277 g/mol. The Morgan fingerprint density at radius 3 is 2.90 bits per heavy atom. The fourth-order valence-corrected chi connectivity index (χ4v) is 3.76. The molecule has 5 heteroatoms. The molecule has 0 radical (unpaired) electrons. The molecule has 110 valence electrons. The lowest BCUT2D eigenvalue weighted by Gasteiger charge is -2.25. The van der Waals surface area contributed by atoms with E-state index < -0.39 is 5.60 Å². The standard InChI is InChI=1S/C15H23N3O2/c1-15(20,12-7-17-18(2)8-12)9-16-14(19)13-6-10-3-4-11(13)5-10/h7-8,10-11,13,20H,3-6,9H2,1-2H3,(H,16,19). The van der Waals surface area contributed by atoms with Crippen LogP contribution < -0.4 is 5.32 Å². The summed E-state index contributed by atoms with van der Waals surface area (Å²) in [7, 11) is 1.81. The molecule has 3 rings (SSSR count). The van der Waals surface area contributed by atoms with Crippen LogP contribution in [0.25, 0.3) is 0 Å². The Bertz CT molecular complexity index is 509. The van der Waals surface area contributed by atoms with Gasteiger partial charge in [-0.25, -0.2) is 0 Å². The number of carbonyl (C=O) groups excluding carboxylic acids is 1. The molecule has 4 atom stereocenters. The van der Waals surface area contributed by atoms with E-state index in [0.717, 1.165) is 17.9 Å². The summed E-state index contributed by atoms with van der Waals surface area (Å²) >= 11 is 0. The van der Waals surface area contributed by atoms with Crippen molar-refractivity contribution in [1.82, 2.24) is 15.1 Å². The molecule has 0 aliphatic heterocycles. The van der Waals surface area contributed by atoms with Gasteiger partial charge in [-0.3, -0.25) is 9.48 Å². The van der Waals surface area contributed by atoms with Crippen molar-refractivity contribution in [2.24, 2.45) is 24.8 Å². The number of amides is 1. The molecular formula is C15H23N3O2. The molecule has 1 aromatic rings. The van der Waals surface area contributed by atoms with E-state index >= 15 is 0 Å². The van der Waals surface area contributed by atoms with Gasteiger partial charge >= 0.3 is 0 Å². The predicted molar refractivity (Wildman–Crippen MR) is 74.7 cm³/mol. The molecule has 4 unspecified atom stereocenters. The second-order valence-corrected chi connectivity index (χ2v) is 6.68. The Kier molecular flexibility index (Phi) is 3.32. The number of hydrogen-bond donors (Lipinski definition) is 2. The van der Waals surface area contributed by atoms with Crippen LogP contribution in [0.15, 0.2) is 12.4 Å². The van der Waals surface area contributed by atoms with Crippen LogP contribution in [-0.2, 0) is 17.4 Å². The maximum atomic E-state index is 12.3. The van der Waals surface area contributed by atoms with E-state index in [0.29, 0.717) is 5.92 Å². The summed E-state index contributed by atoms with van der Waals surface area (Å²) in [4.78, 5) is 12.3. The number of nitrogens with one attached hydrogen (secondary N) is 1. The van der Waals surface area contributed by atoms with Crippen molar-refractivity contribution in [2.45, 2.75) is 38.2 Å². The summed E-state index contributed by atoms with van der Waals surface area (Å²) in [6.07, 6.45) is 8.17. The fourth-order valence-electron chi connectivity index (χ4n) is 3.76. The molecule has 2 fully saturated rings. The first-order valence-corrected chi connectivity index (χ1v) is 7.45. The number of aromatic nitrogens is 2. The quantitative estimate of drug-likeness (QED) is 0.868. The first kappa shape index (κ1) is 13.6. The van der Waals surface area contributed by atoms with E-state index in [4.69, 9.17) is 0 Å². The van der Waals surface area contributed by atoms with Gasteiger partial charge in [0.15, 0.2) is 0 Å². The molecule has 0 aromatic carbocycles. The highest BCUT2D eigenvalue weighted by Crippen LogP contribution is 2.48. The van der Waals surface area contributed by atoms with Crippen molar-refractivity contribution in [2.75, 3.05) is 6.54 Å². The number of rotatable bonds is 4. The van der Waals surface area contributed by atoms with Gasteiger partial charge in [-0.15, -0.1) is 0 Å². The number of aryl methyl sites for hydroxylation is 1. The Morgan fingerprint density at radius 1 is 1.55 bits per heavy atom. The Labute approximate surface area is 119 Å². The minimum Gasteiger partial charge on any atom is -0.383 e. The van der Waals surface area contributed by atoms with Gasteiger partial charge in [-0.1, -0.05) is 6.42 Å². The van der Waals surface area contributed by atoms with Crippen LogP contribution in [0.5, 0.6) is 0 Å². The van der Waals surface area contributed by atoms with Crippen LogP contribution in [0.4, 0.5) is 0 Å². The van der Waals surface area contributed by atoms with E-state index in [2.05, 4.69) is 10.4 Å². The summed E-state index contributed by atoms with van der Waals surface area (Å²) in [6.45, 7) is 1.95. The largest absolute Gasteiger partial charge is 0.383 e. The summed E-state index contributed by atoms with van der Waals surface area (Å²) in [5.41, 5.74) is -0.338. The van der Waals surface area contributed by atoms with E-state index in [-0.39, 0.29) is 18.4 Å². The maximum Gasteiger partial charge on any atom is 0.223 e. The number of nitrogens with zero attached hydrogens (tertiary/aromatic N) is 2. The summed E-state index contributed by atoms with van der Waals surface area (Å²) in [5, 5.41) is 17.4. The highest BCUT2D eigenvalue weighted by Gasteiger charge is 2.43. The molecule has 1 heterocycles. The predicted octanol–water partition coefficient (Wildman–Crippen LogP) is 1.18. The SMILES string of the molecule is Cn1cc(C(C)(O)CNC(=O)C2CC3CCC2C3)cn1. The van der Waals surface area contributed by atoms with Crippen LogP contribution >= 0.6 is 0 Å². The van der Waals surface area contributed by atoms with E-state index in [9.17, 15) is 9.90 Å². The van der Waals surface area contributed by atoms with Crippen LogP contribution in [0.1, 0.15) is 38.2 Å². The lowest BCUT2D eigenvalue weighted by atomic mass is 9.88. The lowest BCUT2D eigenvalue weighted by Crippen LogP contribution is -2.42. The molecule has 0 spiro atoms. The van der Waals surface area contributed by atoms with E-state index in [1.165, 1.54) is 19.3 Å². The average molecular weight is 277 g/mol. The van der Waals surface area contributed by atoms with Gasteiger partial charge in [0.1, 0.15) is 5.60 Å². The smallest absolute Gasteiger partial charge is 0.223 e. The molecule has 2 saturated carbocycles. The molecular weight excluding hydrogens is 254 g/mol. The van der Waals surface area contributed by atoms with E-state index in [1.54, 1.807) is 24.0 Å². The van der Waals surface area contributed by atoms with Gasteiger partial charge in [0, 0.05) is 24.7 Å². The van der Waals surface area contributed by atoms with Gasteiger partial charge in [0.2, 0.25) is 5.91 Å². The van der Waals surface area contributed by atoms with Gasteiger partial charge in [-0.2, -0.15) is 5.10 Å². The van der Waals surface area contributed by atoms with Crippen molar-refractivity contribution < 1.29 is 9.90 Å². The summed E-state index contributed by atoms with van der Waals surface area (Å²) in [5.74, 6) is 1.61. The number of hydrogen-bond acceptors (Lipinski definition) is 3. The zero-order valence-corrected chi connectivity index (χ0v) is 12.2. The zero-order valence-electron chi connectivity index (χ0n) is 12.2. The fraction of sp³-hybridized carbons (Fsp3) is 0.733. The highest BCUT2D eigenvalue weighted by molar-refractivity contribution is 5.79. The molecule has 1 aromatic heterocycles. The second-order valence-electron chi connectivity index (χ2n) is 6.68. The van der Waals surface area contributed by atoms with Crippen LogP contribution in [0.3, 0.4) is 0 Å². The van der Waals surface area contributed by atoms with Crippen molar-refractivity contribution in [1.29, 1.82) is 0 Å². The molecule has 2 aliphatic rings. The Balaban J connectivity index is 1.57. The third-order valence-corrected chi connectivity index (χ3v) is 5.01. The Morgan fingerprint density at radius 2 is 2.35 bits per heavy atom.